The molecule has 0 heterocycles. The van der Waals surface area contributed by atoms with Crippen LogP contribution in [0.4, 0.5) is 0 Å². The second-order valence-electron chi connectivity index (χ2n) is 7.01. The molecule has 2 N–H and O–H groups in total. The van der Waals surface area contributed by atoms with E-state index < -0.39 is 0 Å². The Labute approximate surface area is 122 Å². The summed E-state index contributed by atoms with van der Waals surface area (Å²) in [6.07, 6.45) is 3.71. The van der Waals surface area contributed by atoms with Crippen LogP contribution in [-0.4, -0.2) is 11.3 Å². The molecule has 0 aromatic heterocycles. The maximum atomic E-state index is 6.35. The second kappa shape index (κ2) is 5.88. The van der Waals surface area contributed by atoms with Gasteiger partial charge in [0.15, 0.2) is 0 Å². The summed E-state index contributed by atoms with van der Waals surface area (Å²) in [7, 11) is 0. The summed E-state index contributed by atoms with van der Waals surface area (Å²) in [6.45, 7) is 9.25. The molecule has 1 nitrogen and oxygen atoms in total. The molecule has 1 aliphatic rings. The van der Waals surface area contributed by atoms with Crippen molar-refractivity contribution >= 4 is 11.8 Å². The van der Waals surface area contributed by atoms with E-state index in [1.165, 1.54) is 29.7 Å². The van der Waals surface area contributed by atoms with Crippen molar-refractivity contribution in [2.24, 2.45) is 17.1 Å². The molecule has 19 heavy (non-hydrogen) atoms. The van der Waals surface area contributed by atoms with Gasteiger partial charge in [-0.2, -0.15) is 0 Å². The lowest BCUT2D eigenvalue weighted by molar-refractivity contribution is 0.174. The highest BCUT2D eigenvalue weighted by Gasteiger charge is 2.34. The summed E-state index contributed by atoms with van der Waals surface area (Å²) in [5, 5.41) is 0.569. The predicted molar refractivity (Wildman–Crippen MR) is 85.6 cm³/mol. The van der Waals surface area contributed by atoms with Crippen LogP contribution in [0.2, 0.25) is 0 Å². The Kier molecular flexibility index (Phi) is 4.62. The molecule has 2 rings (SSSR count). The fraction of sp³-hybridized carbons (Fsp3) is 0.647. The van der Waals surface area contributed by atoms with Gasteiger partial charge in [0.05, 0.1) is 0 Å². The SMILES string of the molecule is Cc1cccc(SC2CC(C(C)(C)C)CCC2N)c1. The Morgan fingerprint density at radius 2 is 1.95 bits per heavy atom. The molecule has 1 aromatic carbocycles. The molecule has 106 valence electrons. The first-order valence-electron chi connectivity index (χ1n) is 7.35. The number of aryl methyl sites for hydroxylation is 1. The molecule has 0 radical (unpaired) electrons. The average molecular weight is 277 g/mol. The quantitative estimate of drug-likeness (QED) is 0.853. The van der Waals surface area contributed by atoms with Gasteiger partial charge in [0, 0.05) is 16.2 Å². The van der Waals surface area contributed by atoms with Gasteiger partial charge in [-0.05, 0) is 49.7 Å². The fourth-order valence-electron chi connectivity index (χ4n) is 2.94. The average Bonchev–Trinajstić information content (AvgIpc) is 2.30. The lowest BCUT2D eigenvalue weighted by Crippen LogP contribution is -2.41. The van der Waals surface area contributed by atoms with Crippen molar-refractivity contribution < 1.29 is 0 Å². The standard InChI is InChI=1S/C17H27NS/c1-12-6-5-7-14(10-12)19-16-11-13(17(2,3)4)8-9-15(16)18/h5-7,10,13,15-16H,8-9,11,18H2,1-4H3. The topological polar surface area (TPSA) is 26.0 Å². The van der Waals surface area contributed by atoms with Gasteiger partial charge < -0.3 is 5.73 Å². The number of benzene rings is 1. The summed E-state index contributed by atoms with van der Waals surface area (Å²) in [4.78, 5) is 1.37. The van der Waals surface area contributed by atoms with Gasteiger partial charge in [-0.3, -0.25) is 0 Å². The lowest BCUT2D eigenvalue weighted by atomic mass is 9.71. The van der Waals surface area contributed by atoms with E-state index in [4.69, 9.17) is 5.73 Å². The van der Waals surface area contributed by atoms with Gasteiger partial charge in [-0.25, -0.2) is 0 Å². The molecule has 3 atom stereocenters. The van der Waals surface area contributed by atoms with Crippen LogP contribution in [0.3, 0.4) is 0 Å². The maximum Gasteiger partial charge on any atom is 0.0249 e. The van der Waals surface area contributed by atoms with Crippen molar-refractivity contribution in [1.29, 1.82) is 0 Å². The third kappa shape index (κ3) is 4.00. The highest BCUT2D eigenvalue weighted by Crippen LogP contribution is 2.42. The summed E-state index contributed by atoms with van der Waals surface area (Å²) in [6, 6.07) is 9.14. The van der Waals surface area contributed by atoms with E-state index in [9.17, 15) is 0 Å². The minimum atomic E-state index is 0.351. The van der Waals surface area contributed by atoms with E-state index in [2.05, 4.69) is 52.0 Å². The van der Waals surface area contributed by atoms with Crippen molar-refractivity contribution in [2.75, 3.05) is 0 Å². The van der Waals surface area contributed by atoms with E-state index in [1.54, 1.807) is 0 Å². The first-order chi connectivity index (χ1) is 8.86. The van der Waals surface area contributed by atoms with Gasteiger partial charge in [-0.1, -0.05) is 38.5 Å². The summed E-state index contributed by atoms with van der Waals surface area (Å²) < 4.78 is 0. The highest BCUT2D eigenvalue weighted by atomic mass is 32.2. The first-order valence-corrected chi connectivity index (χ1v) is 8.23. The Balaban J connectivity index is 2.05. The zero-order valence-electron chi connectivity index (χ0n) is 12.6. The van der Waals surface area contributed by atoms with Crippen LogP contribution in [0.1, 0.15) is 45.6 Å². The Hall–Kier alpha value is -0.470. The number of nitrogens with two attached hydrogens (primary N) is 1. The first kappa shape index (κ1) is 14.9. The third-order valence-corrected chi connectivity index (χ3v) is 5.72. The Bertz CT molecular complexity index is 422. The molecule has 1 fully saturated rings. The van der Waals surface area contributed by atoms with E-state index in [0.717, 1.165) is 5.92 Å². The smallest absolute Gasteiger partial charge is 0.0249 e. The van der Waals surface area contributed by atoms with Crippen molar-refractivity contribution in [3.05, 3.63) is 29.8 Å². The van der Waals surface area contributed by atoms with Crippen molar-refractivity contribution in [2.45, 2.75) is 63.1 Å². The van der Waals surface area contributed by atoms with Gasteiger partial charge in [0.25, 0.3) is 0 Å². The van der Waals surface area contributed by atoms with Crippen molar-refractivity contribution in [1.82, 2.24) is 0 Å². The van der Waals surface area contributed by atoms with Crippen LogP contribution in [-0.2, 0) is 0 Å². The minimum absolute atomic E-state index is 0.351. The van der Waals surface area contributed by atoms with E-state index in [-0.39, 0.29) is 0 Å². The van der Waals surface area contributed by atoms with Crippen LogP contribution < -0.4 is 5.73 Å². The largest absolute Gasteiger partial charge is 0.327 e. The summed E-state index contributed by atoms with van der Waals surface area (Å²) in [5.41, 5.74) is 8.09. The van der Waals surface area contributed by atoms with Crippen LogP contribution in [0, 0.1) is 18.3 Å². The van der Waals surface area contributed by atoms with Gasteiger partial charge >= 0.3 is 0 Å². The van der Waals surface area contributed by atoms with Crippen LogP contribution in [0.25, 0.3) is 0 Å². The highest BCUT2D eigenvalue weighted by molar-refractivity contribution is 8.00. The zero-order chi connectivity index (χ0) is 14.0. The molecule has 0 aliphatic heterocycles. The summed E-state index contributed by atoms with van der Waals surface area (Å²) >= 11 is 1.98. The van der Waals surface area contributed by atoms with Crippen LogP contribution >= 0.6 is 11.8 Å². The molecular weight excluding hydrogens is 250 g/mol. The molecule has 1 saturated carbocycles. The molecule has 2 heteroatoms. The molecule has 0 bridgehead atoms. The van der Waals surface area contributed by atoms with Crippen molar-refractivity contribution in [3.8, 4) is 0 Å². The molecule has 1 aromatic rings. The van der Waals surface area contributed by atoms with Crippen LogP contribution in [0.15, 0.2) is 29.2 Å². The monoisotopic (exact) mass is 277 g/mol. The van der Waals surface area contributed by atoms with Gasteiger partial charge in [0.2, 0.25) is 0 Å². The zero-order valence-corrected chi connectivity index (χ0v) is 13.5. The third-order valence-electron chi connectivity index (χ3n) is 4.34. The van der Waals surface area contributed by atoms with E-state index >= 15 is 0 Å². The normalized spacial score (nSPS) is 28.4. The van der Waals surface area contributed by atoms with Gasteiger partial charge in [0.1, 0.15) is 0 Å². The fourth-order valence-corrected chi connectivity index (χ4v) is 4.34. The molecular formula is C17H27NS. The molecule has 3 unspecified atom stereocenters. The second-order valence-corrected chi connectivity index (χ2v) is 8.33. The maximum absolute atomic E-state index is 6.35. The minimum Gasteiger partial charge on any atom is -0.327 e. The molecule has 0 saturated heterocycles. The van der Waals surface area contributed by atoms with Gasteiger partial charge in [-0.15, -0.1) is 11.8 Å². The lowest BCUT2D eigenvalue weighted by Gasteiger charge is -2.40. The molecule has 0 amide bonds. The number of hydrogen-bond acceptors (Lipinski definition) is 2. The Morgan fingerprint density at radius 1 is 1.21 bits per heavy atom. The summed E-state index contributed by atoms with van der Waals surface area (Å²) in [5.74, 6) is 0.801. The van der Waals surface area contributed by atoms with Crippen LogP contribution in [0.5, 0.6) is 0 Å². The molecule has 0 spiro atoms. The van der Waals surface area contributed by atoms with E-state index in [1.807, 2.05) is 11.8 Å². The predicted octanol–water partition coefficient (Wildman–Crippen LogP) is 4.63. The number of rotatable bonds is 2. The Morgan fingerprint density at radius 3 is 2.58 bits per heavy atom. The van der Waals surface area contributed by atoms with E-state index in [0.29, 0.717) is 16.7 Å². The van der Waals surface area contributed by atoms with Crippen molar-refractivity contribution in [3.63, 3.8) is 0 Å². The number of hydrogen-bond donors (Lipinski definition) is 1. The number of thioether (sulfide) groups is 1. The molecule has 1 aliphatic carbocycles.